The van der Waals surface area contributed by atoms with E-state index in [2.05, 4.69) is 19.2 Å². The summed E-state index contributed by atoms with van der Waals surface area (Å²) in [5.41, 5.74) is 0. The van der Waals surface area contributed by atoms with Crippen molar-refractivity contribution in [2.24, 2.45) is 0 Å². The van der Waals surface area contributed by atoms with Crippen molar-refractivity contribution in [2.45, 2.75) is 19.0 Å². The zero-order valence-corrected chi connectivity index (χ0v) is 11.9. The summed E-state index contributed by atoms with van der Waals surface area (Å²) in [5, 5.41) is 0.883. The molecule has 0 rings (SSSR count). The lowest BCUT2D eigenvalue weighted by atomic mass is 10.6. The topological polar surface area (TPSA) is 18.5 Å². The first-order valence-electron chi connectivity index (χ1n) is 4.14. The summed E-state index contributed by atoms with van der Waals surface area (Å²) in [5.74, 6) is 1.15. The predicted molar refractivity (Wildman–Crippen MR) is 69.0 cm³/mol. The normalized spacial score (nSPS) is 12.0. The van der Waals surface area contributed by atoms with E-state index in [9.17, 15) is 0 Å². The summed E-state index contributed by atoms with van der Waals surface area (Å²) in [6, 6.07) is 1.07. The van der Waals surface area contributed by atoms with Crippen LogP contribution in [0.25, 0.3) is 0 Å². The third-order valence-electron chi connectivity index (χ3n) is 1.86. The van der Waals surface area contributed by atoms with Crippen molar-refractivity contribution in [1.82, 2.24) is 0 Å². The molecule has 0 saturated heterocycles. The second-order valence-corrected chi connectivity index (χ2v) is 9.63. The maximum absolute atomic E-state index is 5.38. The Labute approximate surface area is 95.6 Å². The molecule has 0 aliphatic heterocycles. The molecule has 0 aliphatic carbocycles. The van der Waals surface area contributed by atoms with Crippen molar-refractivity contribution in [3.63, 3.8) is 0 Å². The molecule has 0 saturated carbocycles. The highest BCUT2D eigenvalue weighted by Crippen LogP contribution is 2.25. The van der Waals surface area contributed by atoms with Crippen molar-refractivity contribution in [3.05, 3.63) is 0 Å². The van der Waals surface area contributed by atoms with Crippen LogP contribution < -0.4 is 0 Å². The Balaban J connectivity index is 3.39. The summed E-state index contributed by atoms with van der Waals surface area (Å²) in [4.78, 5) is 0. The molecule has 0 N–H and O–H groups in total. The van der Waals surface area contributed by atoms with E-state index in [4.69, 9.17) is 8.85 Å². The van der Waals surface area contributed by atoms with Crippen molar-refractivity contribution >= 4 is 42.8 Å². The van der Waals surface area contributed by atoms with Gasteiger partial charge in [0, 0.05) is 25.1 Å². The average molecular weight is 259 g/mol. The van der Waals surface area contributed by atoms with Crippen LogP contribution in [0.1, 0.15) is 6.42 Å². The minimum atomic E-state index is -1.80. The molecule has 0 fully saturated rings. The van der Waals surface area contributed by atoms with Crippen LogP contribution in [0.15, 0.2) is 0 Å². The van der Waals surface area contributed by atoms with Gasteiger partial charge in [0.15, 0.2) is 0 Å². The molecule has 0 bridgehead atoms. The lowest BCUT2D eigenvalue weighted by Crippen LogP contribution is -2.35. The monoisotopic (exact) mass is 258 g/mol. The third kappa shape index (κ3) is 7.16. The molecule has 80 valence electrons. The molecule has 0 aliphatic rings. The molecule has 0 aromatic carbocycles. The van der Waals surface area contributed by atoms with Crippen LogP contribution in [-0.4, -0.2) is 33.6 Å². The van der Waals surface area contributed by atoms with Gasteiger partial charge < -0.3 is 8.85 Å². The summed E-state index contributed by atoms with van der Waals surface area (Å²) in [7, 11) is 5.34. The van der Waals surface area contributed by atoms with Crippen molar-refractivity contribution in [1.29, 1.82) is 0 Å². The van der Waals surface area contributed by atoms with E-state index in [1.54, 1.807) is 25.0 Å². The van der Waals surface area contributed by atoms with Gasteiger partial charge in [-0.25, -0.2) is 0 Å². The minimum Gasteiger partial charge on any atom is -0.398 e. The van der Waals surface area contributed by atoms with Gasteiger partial charge in [0.2, 0.25) is 0 Å². The van der Waals surface area contributed by atoms with Gasteiger partial charge >= 0.3 is 8.56 Å². The highest BCUT2D eigenvalue weighted by Gasteiger charge is 2.27. The largest absolute Gasteiger partial charge is 0.398 e. The van der Waals surface area contributed by atoms with Crippen LogP contribution >= 0.6 is 34.2 Å². The average Bonchev–Trinajstić information content (AvgIpc) is 2.17. The zero-order valence-electron chi connectivity index (χ0n) is 8.41. The number of rotatable bonds is 8. The van der Waals surface area contributed by atoms with E-state index in [-0.39, 0.29) is 0 Å². The quantitative estimate of drug-likeness (QED) is 0.237. The third-order valence-corrected chi connectivity index (χ3v) is 7.84. The molecule has 0 atom stereocenters. The van der Waals surface area contributed by atoms with Crippen LogP contribution in [0, 0.1) is 0 Å². The van der Waals surface area contributed by atoms with Gasteiger partial charge in [0.1, 0.15) is 0 Å². The van der Waals surface area contributed by atoms with Gasteiger partial charge in [-0.05, 0) is 19.0 Å². The van der Waals surface area contributed by atoms with Gasteiger partial charge in [-0.1, -0.05) is 21.6 Å². The number of hydrogen-bond acceptors (Lipinski definition) is 5. The Hall–Kier alpha value is 1.19. The van der Waals surface area contributed by atoms with Gasteiger partial charge in [0.25, 0.3) is 0 Å². The first-order chi connectivity index (χ1) is 6.18. The van der Waals surface area contributed by atoms with Gasteiger partial charge in [-0.15, -0.1) is 0 Å². The van der Waals surface area contributed by atoms with E-state index < -0.39 is 8.56 Å². The van der Waals surface area contributed by atoms with Crippen LogP contribution in [0.4, 0.5) is 0 Å². The van der Waals surface area contributed by atoms with Crippen LogP contribution in [0.2, 0.25) is 12.6 Å². The summed E-state index contributed by atoms with van der Waals surface area (Å²) < 4.78 is 10.8. The fourth-order valence-corrected chi connectivity index (χ4v) is 4.54. The maximum Gasteiger partial charge on any atom is 0.334 e. The molecule has 6 heteroatoms. The van der Waals surface area contributed by atoms with E-state index in [0.29, 0.717) is 0 Å². The molecule has 0 aromatic rings. The second kappa shape index (κ2) is 8.49. The molecule has 2 nitrogen and oxygen atoms in total. The first kappa shape index (κ1) is 14.2. The van der Waals surface area contributed by atoms with Crippen LogP contribution in [-0.2, 0) is 8.85 Å². The zero-order chi connectivity index (χ0) is 10.2. The summed E-state index contributed by atoms with van der Waals surface area (Å²) in [6.07, 6.45) is 1.16. The van der Waals surface area contributed by atoms with E-state index in [1.807, 2.05) is 10.8 Å². The Morgan fingerprint density at radius 3 is 2.31 bits per heavy atom. The van der Waals surface area contributed by atoms with E-state index in [0.717, 1.165) is 23.3 Å². The van der Waals surface area contributed by atoms with Gasteiger partial charge in [0.05, 0.1) is 0 Å². The highest BCUT2D eigenvalue weighted by molar-refractivity contribution is 8.77. The van der Waals surface area contributed by atoms with E-state index in [1.165, 1.54) is 0 Å². The number of thiol groups is 1. The van der Waals surface area contributed by atoms with Crippen molar-refractivity contribution in [2.75, 3.05) is 25.1 Å². The summed E-state index contributed by atoms with van der Waals surface area (Å²) >= 11 is 4.12. The maximum atomic E-state index is 5.38. The molecule has 0 amide bonds. The molecular weight excluding hydrogens is 240 g/mol. The summed E-state index contributed by atoms with van der Waals surface area (Å²) in [6.45, 7) is 2.10. The molecule has 13 heavy (non-hydrogen) atoms. The van der Waals surface area contributed by atoms with Crippen molar-refractivity contribution in [3.8, 4) is 0 Å². The molecule has 0 aromatic heterocycles. The molecule has 0 spiro atoms. The Morgan fingerprint density at radius 1 is 1.23 bits per heavy atom. The smallest absolute Gasteiger partial charge is 0.334 e. The van der Waals surface area contributed by atoms with Gasteiger partial charge in [-0.3, -0.25) is 0 Å². The SMILES string of the molecule is CO[Si](C)(CCCSSCS)OC. The standard InChI is InChI=1S/C7H18O2S3Si/c1-8-13(3,9-2)6-4-5-11-12-7-10/h10H,4-7H2,1-3H3. The lowest BCUT2D eigenvalue weighted by molar-refractivity contribution is 0.249. The van der Waals surface area contributed by atoms with E-state index >= 15 is 0 Å². The highest BCUT2D eigenvalue weighted by atomic mass is 33.1. The van der Waals surface area contributed by atoms with Gasteiger partial charge in [-0.2, -0.15) is 12.6 Å². The molecule has 0 unspecified atom stereocenters. The van der Waals surface area contributed by atoms with Crippen LogP contribution in [0.5, 0.6) is 0 Å². The predicted octanol–water partition coefficient (Wildman–Crippen LogP) is 3.01. The molecule has 0 radical (unpaired) electrons. The van der Waals surface area contributed by atoms with Crippen molar-refractivity contribution < 1.29 is 8.85 Å². The Bertz CT molecular complexity index is 122. The lowest BCUT2D eigenvalue weighted by Gasteiger charge is -2.22. The van der Waals surface area contributed by atoms with Crippen LogP contribution in [0.3, 0.4) is 0 Å². The minimum absolute atomic E-state index is 0.883. The fraction of sp³-hybridized carbons (Fsp3) is 1.00. The second-order valence-electron chi connectivity index (χ2n) is 2.71. The fourth-order valence-electron chi connectivity index (χ4n) is 0.836. The number of hydrogen-bond donors (Lipinski definition) is 1. The Morgan fingerprint density at radius 2 is 1.85 bits per heavy atom. The molecule has 0 heterocycles. The first-order valence-corrected chi connectivity index (χ1v) is 9.78. The molecular formula is C7H18O2S3Si. The Kier molecular flexibility index (Phi) is 9.27.